The van der Waals surface area contributed by atoms with E-state index in [4.69, 9.17) is 4.52 Å². The molecule has 0 aliphatic heterocycles. The summed E-state index contributed by atoms with van der Waals surface area (Å²) < 4.78 is 7.94. The maximum Gasteiger partial charge on any atom is 0.332 e. The Morgan fingerprint density at radius 2 is 2.00 bits per heavy atom. The molecule has 3 aromatic heterocycles. The third kappa shape index (κ3) is 3.69. The van der Waals surface area contributed by atoms with Crippen molar-refractivity contribution in [3.63, 3.8) is 0 Å². The van der Waals surface area contributed by atoms with Crippen molar-refractivity contribution >= 4 is 22.8 Å². The molecule has 3 aromatic rings. The van der Waals surface area contributed by atoms with E-state index in [0.29, 0.717) is 39.9 Å². The molecule has 3 heterocycles. The van der Waals surface area contributed by atoms with Crippen LogP contribution in [0.2, 0.25) is 0 Å². The van der Waals surface area contributed by atoms with Crippen molar-refractivity contribution < 1.29 is 4.52 Å². The minimum Gasteiger partial charge on any atom is -0.360 e. The van der Waals surface area contributed by atoms with Crippen molar-refractivity contribution in [1.82, 2.24) is 24.3 Å². The van der Waals surface area contributed by atoms with Gasteiger partial charge in [-0.2, -0.15) is 0 Å². The summed E-state index contributed by atoms with van der Waals surface area (Å²) in [4.78, 5) is 34.6. The SMILES string of the molecule is CCCn1c(=O)n(C)c(=O)c2c(SCc3cc(C)no3)nc(C(C)C)nc21. The predicted octanol–water partition coefficient (Wildman–Crippen LogP) is 2.61. The first-order valence-electron chi connectivity index (χ1n) is 8.90. The lowest BCUT2D eigenvalue weighted by atomic mass is 10.2. The normalized spacial score (nSPS) is 11.6. The van der Waals surface area contributed by atoms with Crippen molar-refractivity contribution in [3.05, 3.63) is 44.2 Å². The Kier molecular flexibility index (Phi) is 5.50. The molecular weight excluding hydrogens is 366 g/mol. The predicted molar refractivity (Wildman–Crippen MR) is 104 cm³/mol. The monoisotopic (exact) mass is 389 g/mol. The van der Waals surface area contributed by atoms with Gasteiger partial charge in [0.2, 0.25) is 0 Å². The number of hydrogen-bond donors (Lipinski definition) is 0. The smallest absolute Gasteiger partial charge is 0.332 e. The number of aromatic nitrogens is 5. The fourth-order valence-electron chi connectivity index (χ4n) is 2.77. The van der Waals surface area contributed by atoms with E-state index in [1.165, 1.54) is 18.8 Å². The molecule has 9 heteroatoms. The Morgan fingerprint density at radius 1 is 1.26 bits per heavy atom. The van der Waals surface area contributed by atoms with Gasteiger partial charge in [0, 0.05) is 25.6 Å². The summed E-state index contributed by atoms with van der Waals surface area (Å²) >= 11 is 1.39. The summed E-state index contributed by atoms with van der Waals surface area (Å²) in [7, 11) is 1.49. The topological polar surface area (TPSA) is 95.8 Å². The van der Waals surface area contributed by atoms with Crippen LogP contribution in [0, 0.1) is 6.92 Å². The molecule has 0 fully saturated rings. The number of thioether (sulfide) groups is 1. The minimum atomic E-state index is -0.381. The van der Waals surface area contributed by atoms with E-state index in [0.717, 1.165) is 16.7 Å². The Hall–Kier alpha value is -2.42. The van der Waals surface area contributed by atoms with Crippen LogP contribution < -0.4 is 11.2 Å². The first-order chi connectivity index (χ1) is 12.8. The molecule has 3 rings (SSSR count). The molecule has 0 spiro atoms. The van der Waals surface area contributed by atoms with Crippen LogP contribution >= 0.6 is 11.8 Å². The molecule has 0 N–H and O–H groups in total. The molecule has 0 unspecified atom stereocenters. The molecule has 0 amide bonds. The molecule has 0 saturated heterocycles. The van der Waals surface area contributed by atoms with Gasteiger partial charge >= 0.3 is 5.69 Å². The summed E-state index contributed by atoms with van der Waals surface area (Å²) in [6, 6.07) is 1.85. The third-order valence-corrected chi connectivity index (χ3v) is 5.16. The molecule has 144 valence electrons. The van der Waals surface area contributed by atoms with Gasteiger partial charge in [-0.3, -0.25) is 13.9 Å². The zero-order chi connectivity index (χ0) is 19.7. The van der Waals surface area contributed by atoms with Crippen LogP contribution in [0.3, 0.4) is 0 Å². The minimum absolute atomic E-state index is 0.0653. The molecule has 0 aliphatic rings. The van der Waals surface area contributed by atoms with Crippen LogP contribution in [0.4, 0.5) is 0 Å². The van der Waals surface area contributed by atoms with Crippen molar-refractivity contribution in [2.45, 2.75) is 57.4 Å². The van der Waals surface area contributed by atoms with Crippen molar-refractivity contribution in [3.8, 4) is 0 Å². The number of hydrogen-bond acceptors (Lipinski definition) is 7. The van der Waals surface area contributed by atoms with Gasteiger partial charge in [-0.1, -0.05) is 37.7 Å². The highest BCUT2D eigenvalue weighted by molar-refractivity contribution is 7.98. The Bertz CT molecular complexity index is 1100. The maximum atomic E-state index is 12.8. The van der Waals surface area contributed by atoms with Gasteiger partial charge in [0.15, 0.2) is 5.65 Å². The van der Waals surface area contributed by atoms with Crippen LogP contribution in [0.5, 0.6) is 0 Å². The van der Waals surface area contributed by atoms with Crippen LogP contribution in [-0.4, -0.2) is 24.3 Å². The van der Waals surface area contributed by atoms with E-state index in [1.807, 2.05) is 33.8 Å². The molecule has 0 saturated carbocycles. The summed E-state index contributed by atoms with van der Waals surface area (Å²) in [5.41, 5.74) is 0.465. The van der Waals surface area contributed by atoms with Gasteiger partial charge < -0.3 is 4.52 Å². The molecule has 8 nitrogen and oxygen atoms in total. The first kappa shape index (κ1) is 19.3. The van der Waals surface area contributed by atoms with E-state index in [1.54, 1.807) is 4.57 Å². The van der Waals surface area contributed by atoms with E-state index < -0.39 is 0 Å². The molecule has 0 radical (unpaired) electrons. The molecular formula is C18H23N5O3S. The highest BCUT2D eigenvalue weighted by atomic mass is 32.2. The highest BCUT2D eigenvalue weighted by Gasteiger charge is 2.20. The van der Waals surface area contributed by atoms with Gasteiger partial charge in [-0.25, -0.2) is 14.8 Å². The van der Waals surface area contributed by atoms with Gasteiger partial charge in [0.25, 0.3) is 5.56 Å². The second-order valence-electron chi connectivity index (χ2n) is 6.76. The zero-order valence-electron chi connectivity index (χ0n) is 16.1. The summed E-state index contributed by atoms with van der Waals surface area (Å²) in [5, 5.41) is 4.82. The van der Waals surface area contributed by atoms with Gasteiger partial charge in [-0.05, 0) is 13.3 Å². The number of nitrogens with zero attached hydrogens (tertiary/aromatic N) is 5. The van der Waals surface area contributed by atoms with E-state index in [2.05, 4.69) is 15.1 Å². The van der Waals surface area contributed by atoms with Crippen LogP contribution in [-0.2, 0) is 19.3 Å². The highest BCUT2D eigenvalue weighted by Crippen LogP contribution is 2.27. The largest absolute Gasteiger partial charge is 0.360 e. The lowest BCUT2D eigenvalue weighted by molar-refractivity contribution is 0.391. The Labute approximate surface area is 160 Å². The quantitative estimate of drug-likeness (QED) is 0.472. The molecule has 27 heavy (non-hydrogen) atoms. The Morgan fingerprint density at radius 3 is 2.59 bits per heavy atom. The summed E-state index contributed by atoms with van der Waals surface area (Å²) in [6.45, 7) is 8.30. The van der Waals surface area contributed by atoms with Crippen LogP contribution in [0.1, 0.15) is 50.4 Å². The second-order valence-corrected chi connectivity index (χ2v) is 7.73. The first-order valence-corrected chi connectivity index (χ1v) is 9.88. The lowest BCUT2D eigenvalue weighted by Crippen LogP contribution is -2.39. The molecule has 0 aromatic carbocycles. The van der Waals surface area contributed by atoms with Crippen LogP contribution in [0.25, 0.3) is 11.0 Å². The third-order valence-electron chi connectivity index (χ3n) is 4.16. The number of aryl methyl sites for hydroxylation is 2. The second kappa shape index (κ2) is 7.67. The van der Waals surface area contributed by atoms with Crippen molar-refractivity contribution in [1.29, 1.82) is 0 Å². The fraction of sp³-hybridized carbons (Fsp3) is 0.500. The standard InChI is InChI=1S/C18H23N5O3S/c1-6-7-23-15-13(17(24)22(5)18(23)25)16(20-14(19-15)10(2)3)27-9-12-8-11(4)21-26-12/h8,10H,6-7,9H2,1-5H3. The van der Waals surface area contributed by atoms with Gasteiger partial charge in [-0.15, -0.1) is 0 Å². The number of rotatable bonds is 6. The molecule has 0 atom stereocenters. The van der Waals surface area contributed by atoms with Gasteiger partial charge in [0.05, 0.1) is 11.4 Å². The lowest BCUT2D eigenvalue weighted by Gasteiger charge is -2.14. The average molecular weight is 389 g/mol. The Balaban J connectivity index is 2.23. The van der Waals surface area contributed by atoms with E-state index in [9.17, 15) is 9.59 Å². The number of fused-ring (bicyclic) bond motifs is 1. The van der Waals surface area contributed by atoms with Crippen molar-refractivity contribution in [2.24, 2.45) is 7.05 Å². The maximum absolute atomic E-state index is 12.8. The summed E-state index contributed by atoms with van der Waals surface area (Å²) in [6.07, 6.45) is 0.758. The summed E-state index contributed by atoms with van der Waals surface area (Å²) in [5.74, 6) is 1.86. The zero-order valence-corrected chi connectivity index (χ0v) is 17.0. The fourth-order valence-corrected chi connectivity index (χ4v) is 3.66. The molecule has 0 bridgehead atoms. The van der Waals surface area contributed by atoms with Crippen molar-refractivity contribution in [2.75, 3.05) is 0 Å². The molecule has 0 aliphatic carbocycles. The van der Waals surface area contributed by atoms with E-state index >= 15 is 0 Å². The van der Waals surface area contributed by atoms with Gasteiger partial charge in [0.1, 0.15) is 22.0 Å². The average Bonchev–Trinajstić information content (AvgIpc) is 3.06. The van der Waals surface area contributed by atoms with Crippen LogP contribution in [0.15, 0.2) is 25.2 Å². The van der Waals surface area contributed by atoms with E-state index in [-0.39, 0.29) is 17.2 Å².